The number of pyridine rings is 1. The molecule has 0 radical (unpaired) electrons. The van der Waals surface area contributed by atoms with Gasteiger partial charge in [0, 0.05) is 20.8 Å². The lowest BCUT2D eigenvalue weighted by Crippen LogP contribution is -2.30. The van der Waals surface area contributed by atoms with E-state index in [1.165, 1.54) is 0 Å². The number of aromatic amines is 1. The van der Waals surface area contributed by atoms with E-state index in [1.807, 2.05) is 25.1 Å². The van der Waals surface area contributed by atoms with Crippen molar-refractivity contribution in [3.63, 3.8) is 0 Å². The molecule has 0 unspecified atom stereocenters. The van der Waals surface area contributed by atoms with E-state index in [0.29, 0.717) is 5.69 Å². The summed E-state index contributed by atoms with van der Waals surface area (Å²) in [6, 6.07) is 7.71. The van der Waals surface area contributed by atoms with Gasteiger partial charge in [-0.25, -0.2) is 10.8 Å². The first-order valence-electron chi connectivity index (χ1n) is 5.69. The highest BCUT2D eigenvalue weighted by molar-refractivity contribution is 9.10. The van der Waals surface area contributed by atoms with Crippen LogP contribution < -0.4 is 11.3 Å². The number of halogens is 1. The van der Waals surface area contributed by atoms with Crippen LogP contribution in [0.2, 0.25) is 0 Å². The fourth-order valence-electron chi connectivity index (χ4n) is 2.22. The van der Waals surface area contributed by atoms with Crippen molar-refractivity contribution in [3.05, 3.63) is 40.1 Å². The van der Waals surface area contributed by atoms with E-state index in [1.54, 1.807) is 6.07 Å². The molecule has 0 saturated heterocycles. The van der Waals surface area contributed by atoms with E-state index in [2.05, 4.69) is 31.3 Å². The van der Waals surface area contributed by atoms with Gasteiger partial charge in [-0.05, 0) is 31.2 Å². The van der Waals surface area contributed by atoms with Gasteiger partial charge in [0.2, 0.25) is 0 Å². The van der Waals surface area contributed by atoms with Crippen LogP contribution in [0, 0.1) is 6.92 Å². The maximum Gasteiger partial charge on any atom is 0.283 e. The van der Waals surface area contributed by atoms with Crippen LogP contribution in [0.1, 0.15) is 16.2 Å². The van der Waals surface area contributed by atoms with Crippen LogP contribution in [0.3, 0.4) is 0 Å². The number of nitrogens with zero attached hydrogens (tertiary/aromatic N) is 1. The van der Waals surface area contributed by atoms with Crippen molar-refractivity contribution >= 4 is 43.6 Å². The molecule has 5 nitrogen and oxygen atoms in total. The number of amides is 1. The number of nitrogens with one attached hydrogen (secondary N) is 2. The van der Waals surface area contributed by atoms with Gasteiger partial charge >= 0.3 is 0 Å². The number of aryl methyl sites for hydroxylation is 1. The lowest BCUT2D eigenvalue weighted by molar-refractivity contribution is 0.0948. The molecule has 0 aliphatic heterocycles. The van der Waals surface area contributed by atoms with Crippen molar-refractivity contribution < 1.29 is 4.79 Å². The zero-order valence-electron chi connectivity index (χ0n) is 10.1. The zero-order chi connectivity index (χ0) is 13.6. The first-order valence-corrected chi connectivity index (χ1v) is 6.49. The molecule has 0 bridgehead atoms. The van der Waals surface area contributed by atoms with E-state index < -0.39 is 5.91 Å². The van der Waals surface area contributed by atoms with Crippen LogP contribution in [-0.2, 0) is 0 Å². The van der Waals surface area contributed by atoms with Gasteiger partial charge in [0.25, 0.3) is 5.91 Å². The second kappa shape index (κ2) is 4.32. The summed E-state index contributed by atoms with van der Waals surface area (Å²) in [6.07, 6.45) is 0. The summed E-state index contributed by atoms with van der Waals surface area (Å²) in [7, 11) is 0. The Labute approximate surface area is 117 Å². The Hall–Kier alpha value is -1.92. The van der Waals surface area contributed by atoms with Gasteiger partial charge in [0.05, 0.1) is 11.2 Å². The number of H-pyrrole nitrogens is 1. The van der Waals surface area contributed by atoms with Gasteiger partial charge in [0.15, 0.2) is 0 Å². The molecule has 0 saturated carbocycles. The minimum Gasteiger partial charge on any atom is -0.353 e. The highest BCUT2D eigenvalue weighted by Gasteiger charge is 2.13. The topological polar surface area (TPSA) is 83.8 Å². The van der Waals surface area contributed by atoms with Crippen molar-refractivity contribution in [2.24, 2.45) is 5.84 Å². The number of hydrogen-bond acceptors (Lipinski definition) is 3. The molecule has 3 rings (SSSR count). The summed E-state index contributed by atoms with van der Waals surface area (Å²) in [5, 5.41) is 2.00. The number of hydrazine groups is 1. The Kier molecular flexibility index (Phi) is 2.76. The Morgan fingerprint density at radius 2 is 2.16 bits per heavy atom. The average Bonchev–Trinajstić information content (AvgIpc) is 2.76. The molecule has 19 heavy (non-hydrogen) atoms. The van der Waals surface area contributed by atoms with Gasteiger partial charge in [0.1, 0.15) is 5.69 Å². The van der Waals surface area contributed by atoms with Crippen LogP contribution in [-0.4, -0.2) is 15.9 Å². The maximum atomic E-state index is 11.6. The number of nitrogen functional groups attached to an aromatic ring is 1. The molecular formula is C13H11BrN4O. The number of benzene rings is 1. The van der Waals surface area contributed by atoms with Crippen molar-refractivity contribution in [2.45, 2.75) is 6.92 Å². The third kappa shape index (κ3) is 1.89. The van der Waals surface area contributed by atoms with Crippen LogP contribution in [0.15, 0.2) is 28.7 Å². The molecule has 4 N–H and O–H groups in total. The highest BCUT2D eigenvalue weighted by Crippen LogP contribution is 2.29. The third-order valence-corrected chi connectivity index (χ3v) is 3.59. The molecule has 0 aliphatic carbocycles. The Morgan fingerprint density at radius 3 is 2.89 bits per heavy atom. The van der Waals surface area contributed by atoms with Crippen molar-refractivity contribution in [1.82, 2.24) is 15.4 Å². The molecule has 1 amide bonds. The molecule has 2 aromatic heterocycles. The molecule has 0 fully saturated rings. The molecule has 3 aromatic rings. The highest BCUT2D eigenvalue weighted by atomic mass is 79.9. The predicted molar refractivity (Wildman–Crippen MR) is 77.7 cm³/mol. The number of rotatable bonds is 1. The standard InChI is InChI=1S/C13H11BrN4O/c1-6-12-9(5-11(16-6)13(19)18-15)8-4-7(14)2-3-10(8)17-12/h2-5,17H,15H2,1H3,(H,18,19). The van der Waals surface area contributed by atoms with E-state index >= 15 is 0 Å². The molecule has 96 valence electrons. The number of fused-ring (bicyclic) bond motifs is 3. The summed E-state index contributed by atoms with van der Waals surface area (Å²) in [4.78, 5) is 19.2. The predicted octanol–water partition coefficient (Wildman–Crippen LogP) is 2.39. The minimum absolute atomic E-state index is 0.313. The van der Waals surface area contributed by atoms with Crippen LogP contribution >= 0.6 is 15.9 Å². The van der Waals surface area contributed by atoms with E-state index in [4.69, 9.17) is 5.84 Å². The molecule has 0 spiro atoms. The molecule has 0 aliphatic rings. The van der Waals surface area contributed by atoms with E-state index in [9.17, 15) is 4.79 Å². The third-order valence-electron chi connectivity index (χ3n) is 3.10. The van der Waals surface area contributed by atoms with E-state index in [0.717, 1.165) is 32.0 Å². The van der Waals surface area contributed by atoms with Gasteiger partial charge in [-0.15, -0.1) is 0 Å². The van der Waals surface area contributed by atoms with Gasteiger partial charge in [-0.2, -0.15) is 0 Å². The van der Waals surface area contributed by atoms with Crippen LogP contribution in [0.5, 0.6) is 0 Å². The number of carbonyl (C=O) groups is 1. The summed E-state index contributed by atoms with van der Waals surface area (Å²) in [6.45, 7) is 1.86. The number of hydrogen-bond donors (Lipinski definition) is 3. The quantitative estimate of drug-likeness (QED) is 0.366. The number of aromatic nitrogens is 2. The van der Waals surface area contributed by atoms with Crippen LogP contribution in [0.25, 0.3) is 21.8 Å². The lowest BCUT2D eigenvalue weighted by atomic mass is 10.1. The normalized spacial score (nSPS) is 11.1. The summed E-state index contributed by atoms with van der Waals surface area (Å²) >= 11 is 3.45. The second-order valence-corrected chi connectivity index (χ2v) is 5.22. The minimum atomic E-state index is -0.394. The Balaban J connectivity index is 2.41. The number of carbonyl (C=O) groups excluding carboxylic acids is 1. The second-order valence-electron chi connectivity index (χ2n) is 4.30. The number of nitrogens with two attached hydrogens (primary N) is 1. The average molecular weight is 319 g/mol. The fraction of sp³-hybridized carbons (Fsp3) is 0.0769. The largest absolute Gasteiger partial charge is 0.353 e. The van der Waals surface area contributed by atoms with Gasteiger partial charge in [-0.1, -0.05) is 15.9 Å². The lowest BCUT2D eigenvalue weighted by Gasteiger charge is -2.02. The monoisotopic (exact) mass is 318 g/mol. The van der Waals surface area contributed by atoms with Gasteiger partial charge < -0.3 is 4.98 Å². The molecule has 2 heterocycles. The SMILES string of the molecule is Cc1nc(C(=O)NN)cc2c1[nH]c1ccc(Br)cc12. The Morgan fingerprint density at radius 1 is 1.37 bits per heavy atom. The zero-order valence-corrected chi connectivity index (χ0v) is 11.7. The summed E-state index contributed by atoms with van der Waals surface area (Å²) in [5.41, 5.74) is 5.12. The van der Waals surface area contributed by atoms with Crippen molar-refractivity contribution in [1.29, 1.82) is 0 Å². The van der Waals surface area contributed by atoms with E-state index in [-0.39, 0.29) is 0 Å². The first kappa shape index (κ1) is 12.1. The molecule has 6 heteroatoms. The summed E-state index contributed by atoms with van der Waals surface area (Å²) < 4.78 is 0.986. The Bertz CT molecular complexity index is 809. The van der Waals surface area contributed by atoms with Gasteiger partial charge in [-0.3, -0.25) is 10.2 Å². The maximum absolute atomic E-state index is 11.6. The first-order chi connectivity index (χ1) is 9.10. The summed E-state index contributed by atoms with van der Waals surface area (Å²) in [5.74, 6) is 4.76. The van der Waals surface area contributed by atoms with Crippen molar-refractivity contribution in [2.75, 3.05) is 0 Å². The van der Waals surface area contributed by atoms with Crippen molar-refractivity contribution in [3.8, 4) is 0 Å². The fourth-order valence-corrected chi connectivity index (χ4v) is 2.58. The molecular weight excluding hydrogens is 308 g/mol. The smallest absolute Gasteiger partial charge is 0.283 e. The molecule has 1 aromatic carbocycles. The molecule has 0 atom stereocenters. The van der Waals surface area contributed by atoms with Crippen LogP contribution in [0.4, 0.5) is 0 Å².